The van der Waals surface area contributed by atoms with Crippen molar-refractivity contribution in [2.24, 2.45) is 5.92 Å². The zero-order chi connectivity index (χ0) is 11.7. The maximum atomic E-state index is 6.06. The maximum absolute atomic E-state index is 6.06. The summed E-state index contributed by atoms with van der Waals surface area (Å²) in [5, 5.41) is 0. The summed E-state index contributed by atoms with van der Waals surface area (Å²) in [4.78, 5) is 0. The van der Waals surface area contributed by atoms with Crippen molar-refractivity contribution in [3.63, 3.8) is 0 Å². The van der Waals surface area contributed by atoms with Gasteiger partial charge in [0.15, 0.2) is 0 Å². The fourth-order valence-electron chi connectivity index (χ4n) is 2.78. The van der Waals surface area contributed by atoms with E-state index in [9.17, 15) is 0 Å². The third-order valence-electron chi connectivity index (χ3n) is 3.93. The van der Waals surface area contributed by atoms with Crippen molar-refractivity contribution >= 4 is 11.6 Å². The van der Waals surface area contributed by atoms with Crippen LogP contribution in [0, 0.1) is 5.92 Å². The fraction of sp³-hybridized carbons (Fsp3) is 0.600. The highest BCUT2D eigenvalue weighted by atomic mass is 35.5. The summed E-state index contributed by atoms with van der Waals surface area (Å²) in [5.74, 6) is 2.01. The molecular formula is C15H19ClO. The van der Waals surface area contributed by atoms with Crippen molar-refractivity contribution in [3.05, 3.63) is 35.4 Å². The molecule has 0 amide bonds. The predicted molar refractivity (Wildman–Crippen MR) is 70.6 cm³/mol. The van der Waals surface area contributed by atoms with Crippen molar-refractivity contribution < 1.29 is 4.74 Å². The molecule has 0 aromatic heterocycles. The van der Waals surface area contributed by atoms with Crippen LogP contribution in [0.25, 0.3) is 0 Å². The highest BCUT2D eigenvalue weighted by Crippen LogP contribution is 2.42. The number of ether oxygens (including phenoxy) is 1. The van der Waals surface area contributed by atoms with E-state index in [2.05, 4.69) is 24.3 Å². The topological polar surface area (TPSA) is 9.23 Å². The first-order valence-electron chi connectivity index (χ1n) is 6.66. The molecule has 0 spiro atoms. The van der Waals surface area contributed by atoms with E-state index >= 15 is 0 Å². The Balaban J connectivity index is 1.83. The van der Waals surface area contributed by atoms with Crippen molar-refractivity contribution in [1.82, 2.24) is 0 Å². The lowest BCUT2D eigenvalue weighted by Gasteiger charge is -2.31. The van der Waals surface area contributed by atoms with Crippen molar-refractivity contribution in [3.8, 4) is 0 Å². The highest BCUT2D eigenvalue weighted by molar-refractivity contribution is 6.18. The molecule has 0 bridgehead atoms. The third kappa shape index (κ3) is 2.51. The molecule has 1 aromatic rings. The number of hydrogen-bond donors (Lipinski definition) is 0. The smallest absolute Gasteiger partial charge is 0.0864 e. The predicted octanol–water partition coefficient (Wildman–Crippen LogP) is 4.27. The minimum atomic E-state index is 0.222. The molecule has 0 radical (unpaired) electrons. The average Bonchev–Trinajstić information content (AvgIpc) is 3.23. The van der Waals surface area contributed by atoms with E-state index in [0.717, 1.165) is 18.9 Å². The second-order valence-corrected chi connectivity index (χ2v) is 5.60. The van der Waals surface area contributed by atoms with Gasteiger partial charge in [-0.15, -0.1) is 11.6 Å². The summed E-state index contributed by atoms with van der Waals surface area (Å²) in [7, 11) is 0. The van der Waals surface area contributed by atoms with Gasteiger partial charge in [-0.1, -0.05) is 24.3 Å². The molecule has 1 aliphatic carbocycles. The molecule has 92 valence electrons. The van der Waals surface area contributed by atoms with Crippen LogP contribution in [0.3, 0.4) is 0 Å². The van der Waals surface area contributed by atoms with Gasteiger partial charge in [0.1, 0.15) is 0 Å². The van der Waals surface area contributed by atoms with Gasteiger partial charge in [0, 0.05) is 18.4 Å². The number of benzene rings is 1. The number of rotatable bonds is 3. The normalized spacial score (nSPS) is 29.2. The Morgan fingerprint density at radius 2 is 2.00 bits per heavy atom. The molecule has 1 aliphatic heterocycles. The second-order valence-electron chi connectivity index (χ2n) is 5.29. The van der Waals surface area contributed by atoms with Crippen molar-refractivity contribution in [2.45, 2.75) is 37.7 Å². The lowest BCUT2D eigenvalue weighted by molar-refractivity contribution is -0.0208. The molecule has 1 heterocycles. The summed E-state index contributed by atoms with van der Waals surface area (Å²) in [5.41, 5.74) is 2.82. The molecule has 3 rings (SSSR count). The van der Waals surface area contributed by atoms with E-state index in [-0.39, 0.29) is 6.10 Å². The van der Waals surface area contributed by atoms with Gasteiger partial charge in [-0.2, -0.15) is 0 Å². The minimum Gasteiger partial charge on any atom is -0.373 e. The van der Waals surface area contributed by atoms with Crippen LogP contribution in [-0.2, 0) is 4.74 Å². The van der Waals surface area contributed by atoms with Gasteiger partial charge >= 0.3 is 0 Å². The van der Waals surface area contributed by atoms with E-state index < -0.39 is 0 Å². The van der Waals surface area contributed by atoms with Gasteiger partial charge in [-0.25, -0.2) is 0 Å². The van der Waals surface area contributed by atoms with E-state index in [0.29, 0.717) is 11.8 Å². The highest BCUT2D eigenvalue weighted by Gasteiger charge is 2.28. The van der Waals surface area contributed by atoms with Gasteiger partial charge in [-0.3, -0.25) is 0 Å². The Labute approximate surface area is 108 Å². The molecule has 2 aliphatic rings. The van der Waals surface area contributed by atoms with Crippen LogP contribution in [0.4, 0.5) is 0 Å². The molecule has 2 atom stereocenters. The molecule has 17 heavy (non-hydrogen) atoms. The number of alkyl halides is 1. The molecular weight excluding hydrogens is 232 g/mol. The summed E-state index contributed by atoms with van der Waals surface area (Å²) in [6.45, 7) is 0.881. The van der Waals surface area contributed by atoms with E-state index in [1.807, 2.05) is 0 Å². The lowest BCUT2D eigenvalue weighted by atomic mass is 9.90. The van der Waals surface area contributed by atoms with Gasteiger partial charge < -0.3 is 4.74 Å². The maximum Gasteiger partial charge on any atom is 0.0864 e. The first-order valence-corrected chi connectivity index (χ1v) is 7.19. The Morgan fingerprint density at radius 1 is 1.18 bits per heavy atom. The standard InChI is InChI=1S/C15H19ClO/c16-10-14-5-2-8-17-15(14)13-4-1-3-12(9-13)11-6-7-11/h1,3-4,9,11,14-15H,2,5-8,10H2. The summed E-state index contributed by atoms with van der Waals surface area (Å²) in [6.07, 6.45) is 5.28. The summed E-state index contributed by atoms with van der Waals surface area (Å²) >= 11 is 6.06. The van der Waals surface area contributed by atoms with Gasteiger partial charge in [0.05, 0.1) is 6.10 Å². The Bertz CT molecular complexity index is 386. The Morgan fingerprint density at radius 3 is 2.76 bits per heavy atom. The number of halogens is 1. The molecule has 1 nitrogen and oxygen atoms in total. The van der Waals surface area contributed by atoms with Gasteiger partial charge in [0.2, 0.25) is 0 Å². The average molecular weight is 251 g/mol. The minimum absolute atomic E-state index is 0.222. The van der Waals surface area contributed by atoms with Crippen LogP contribution in [-0.4, -0.2) is 12.5 Å². The number of hydrogen-bond acceptors (Lipinski definition) is 1. The quantitative estimate of drug-likeness (QED) is 0.728. The van der Waals surface area contributed by atoms with Crippen molar-refractivity contribution in [2.75, 3.05) is 12.5 Å². The zero-order valence-electron chi connectivity index (χ0n) is 10.1. The SMILES string of the molecule is ClCC1CCCOC1c1cccc(C2CC2)c1. The molecule has 2 unspecified atom stereocenters. The molecule has 1 saturated heterocycles. The summed E-state index contributed by atoms with van der Waals surface area (Å²) in [6, 6.07) is 8.96. The molecule has 0 N–H and O–H groups in total. The van der Waals surface area contributed by atoms with E-state index in [1.165, 1.54) is 30.4 Å². The van der Waals surface area contributed by atoms with Crippen LogP contribution >= 0.6 is 11.6 Å². The van der Waals surface area contributed by atoms with Crippen LogP contribution < -0.4 is 0 Å². The molecule has 1 saturated carbocycles. The zero-order valence-corrected chi connectivity index (χ0v) is 10.8. The molecule has 2 heteroatoms. The lowest BCUT2D eigenvalue weighted by Crippen LogP contribution is -2.23. The Hall–Kier alpha value is -0.530. The van der Waals surface area contributed by atoms with E-state index in [4.69, 9.17) is 16.3 Å². The van der Waals surface area contributed by atoms with Gasteiger partial charge in [0.25, 0.3) is 0 Å². The molecule has 2 fully saturated rings. The van der Waals surface area contributed by atoms with Crippen LogP contribution in [0.15, 0.2) is 24.3 Å². The fourth-order valence-corrected chi connectivity index (χ4v) is 3.09. The monoisotopic (exact) mass is 250 g/mol. The third-order valence-corrected chi connectivity index (χ3v) is 4.33. The van der Waals surface area contributed by atoms with Crippen LogP contribution in [0.5, 0.6) is 0 Å². The first kappa shape index (κ1) is 11.6. The van der Waals surface area contributed by atoms with Crippen LogP contribution in [0.1, 0.15) is 48.8 Å². The first-order chi connectivity index (χ1) is 8.38. The van der Waals surface area contributed by atoms with E-state index in [1.54, 1.807) is 0 Å². The Kier molecular flexibility index (Phi) is 3.39. The summed E-state index contributed by atoms with van der Waals surface area (Å²) < 4.78 is 5.94. The molecule has 1 aromatic carbocycles. The second kappa shape index (κ2) is 4.99. The van der Waals surface area contributed by atoms with Crippen molar-refractivity contribution in [1.29, 1.82) is 0 Å². The van der Waals surface area contributed by atoms with Gasteiger partial charge in [-0.05, 0) is 42.7 Å². The van der Waals surface area contributed by atoms with Crippen LogP contribution in [0.2, 0.25) is 0 Å². The largest absolute Gasteiger partial charge is 0.373 e.